The van der Waals surface area contributed by atoms with Crippen LogP contribution in [0, 0.1) is 17.3 Å². The first-order valence-electron chi connectivity index (χ1n) is 14.2. The Bertz CT molecular complexity index is 1140. The molecule has 2 atom stereocenters. The number of carbonyl (C=O) groups excluding carboxylic acids is 1. The van der Waals surface area contributed by atoms with Gasteiger partial charge in [0.1, 0.15) is 17.2 Å². The van der Waals surface area contributed by atoms with Crippen LogP contribution in [-0.2, 0) is 19.9 Å². The van der Waals surface area contributed by atoms with Crippen LogP contribution in [0.1, 0.15) is 71.3 Å². The van der Waals surface area contributed by atoms with Gasteiger partial charge in [-0.25, -0.2) is 0 Å². The van der Waals surface area contributed by atoms with E-state index in [-0.39, 0.29) is 27.9 Å². The first-order valence-corrected chi connectivity index (χ1v) is 17.1. The minimum absolute atomic E-state index is 0.0352. The summed E-state index contributed by atoms with van der Waals surface area (Å²) in [4.78, 5) is 11.8. The summed E-state index contributed by atoms with van der Waals surface area (Å²) in [7, 11) is -0.427. The van der Waals surface area contributed by atoms with E-state index in [1.54, 1.807) is 0 Å². The zero-order valence-corrected chi connectivity index (χ0v) is 25.0. The second kappa shape index (κ2) is 10.0. The van der Waals surface area contributed by atoms with Gasteiger partial charge in [-0.1, -0.05) is 39.0 Å². The average molecular weight is 537 g/mol. The topological polar surface area (TPSA) is 54.0 Å². The lowest BCUT2D eigenvalue weighted by molar-refractivity contribution is -0.192. The van der Waals surface area contributed by atoms with E-state index in [0.717, 1.165) is 56.0 Å². The fourth-order valence-electron chi connectivity index (χ4n) is 5.98. The molecule has 2 saturated carbocycles. The van der Waals surface area contributed by atoms with Crippen LogP contribution < -0.4 is 9.16 Å². The summed E-state index contributed by atoms with van der Waals surface area (Å²) in [6.07, 6.45) is 7.69. The lowest BCUT2D eigenvalue weighted by Gasteiger charge is -2.53. The number of esters is 1. The Morgan fingerprint density at radius 1 is 1.00 bits per heavy atom. The quantitative estimate of drug-likeness (QED) is 0.239. The normalized spacial score (nSPS) is 28.6. The first kappa shape index (κ1) is 27.3. The molecule has 4 aliphatic rings. The fraction of sp³-hybridized carbons (Fsp3) is 0.594. The van der Waals surface area contributed by atoms with Crippen molar-refractivity contribution in [2.24, 2.45) is 17.3 Å². The molecule has 0 unspecified atom stereocenters. The molecule has 2 aromatic carbocycles. The van der Waals surface area contributed by atoms with Crippen LogP contribution in [0.2, 0.25) is 18.1 Å². The van der Waals surface area contributed by atoms with Gasteiger partial charge in [-0.05, 0) is 104 Å². The van der Waals surface area contributed by atoms with Gasteiger partial charge in [-0.2, -0.15) is 0 Å². The number of methoxy groups -OCH3 is 1. The van der Waals surface area contributed by atoms with Gasteiger partial charge in [0, 0.05) is 6.07 Å². The summed E-state index contributed by atoms with van der Waals surface area (Å²) in [6, 6.07) is 16.5. The van der Waals surface area contributed by atoms with Gasteiger partial charge in [0.2, 0.25) is 8.32 Å². The molecule has 0 N–H and O–H groups in total. The van der Waals surface area contributed by atoms with Crippen molar-refractivity contribution in [3.63, 3.8) is 0 Å². The van der Waals surface area contributed by atoms with E-state index in [2.05, 4.69) is 52.1 Å². The Labute approximate surface area is 229 Å². The van der Waals surface area contributed by atoms with Crippen LogP contribution in [0.3, 0.4) is 0 Å². The number of hydrogen-bond acceptors (Lipinski definition) is 5. The zero-order valence-electron chi connectivity index (χ0n) is 24.0. The monoisotopic (exact) mass is 536 g/mol. The number of ether oxygens (including phenoxy) is 3. The predicted molar refractivity (Wildman–Crippen MR) is 152 cm³/mol. The van der Waals surface area contributed by atoms with E-state index >= 15 is 0 Å². The molecule has 2 aliphatic heterocycles. The number of hydrogen-bond donors (Lipinski definition) is 0. The van der Waals surface area contributed by atoms with Gasteiger partial charge in [0.05, 0.1) is 25.2 Å². The standard InChI is InChI=1S/C32H44O5Si/c1-30(2,3)38(5,6)37-27-12-8-11-26(21-27)36-25-10-7-9-24(20-25)32-17-15-31(16-18-32,22-35-32)14-13-23-19-28(23)29(33)34-4/h7-12,20-21,23,28H,13-19,22H2,1-6H3/t23-,28-,31?,32?/m1/s1. The van der Waals surface area contributed by atoms with Crippen LogP contribution in [0.4, 0.5) is 0 Å². The molecule has 0 spiro atoms. The summed E-state index contributed by atoms with van der Waals surface area (Å²) in [5.41, 5.74) is 1.26. The van der Waals surface area contributed by atoms with Crippen molar-refractivity contribution in [2.45, 2.75) is 89.5 Å². The molecule has 0 aromatic heterocycles. The lowest BCUT2D eigenvalue weighted by atomic mass is 9.62. The van der Waals surface area contributed by atoms with E-state index in [1.807, 2.05) is 30.3 Å². The Hall–Kier alpha value is -2.31. The molecule has 0 radical (unpaired) electrons. The molecular formula is C32H44O5Si. The van der Waals surface area contributed by atoms with Crippen molar-refractivity contribution in [3.8, 4) is 17.2 Å². The molecule has 38 heavy (non-hydrogen) atoms. The Kier molecular flexibility index (Phi) is 7.19. The predicted octanol–water partition coefficient (Wildman–Crippen LogP) is 8.24. The number of fused-ring (bicyclic) bond motifs is 3. The average Bonchev–Trinajstić information content (AvgIpc) is 3.68. The van der Waals surface area contributed by atoms with Crippen molar-refractivity contribution in [1.82, 2.24) is 0 Å². The van der Waals surface area contributed by atoms with E-state index in [1.165, 1.54) is 25.5 Å². The molecule has 2 saturated heterocycles. The van der Waals surface area contributed by atoms with Gasteiger partial charge >= 0.3 is 5.97 Å². The summed E-state index contributed by atoms with van der Waals surface area (Å²) in [5, 5.41) is 0.137. The summed E-state index contributed by atoms with van der Waals surface area (Å²) in [5.74, 6) is 3.08. The molecule has 0 amide bonds. The van der Waals surface area contributed by atoms with Crippen molar-refractivity contribution >= 4 is 14.3 Å². The van der Waals surface area contributed by atoms with Crippen LogP contribution in [0.5, 0.6) is 17.2 Å². The maximum Gasteiger partial charge on any atom is 0.308 e. The van der Waals surface area contributed by atoms with Gasteiger partial charge in [0.15, 0.2) is 0 Å². The zero-order chi connectivity index (χ0) is 27.2. The summed E-state index contributed by atoms with van der Waals surface area (Å²) < 4.78 is 24.4. The van der Waals surface area contributed by atoms with Gasteiger partial charge < -0.3 is 18.6 Å². The van der Waals surface area contributed by atoms with E-state index < -0.39 is 8.32 Å². The van der Waals surface area contributed by atoms with E-state index in [9.17, 15) is 4.79 Å². The minimum atomic E-state index is -1.92. The maximum atomic E-state index is 11.8. The molecule has 2 aromatic rings. The van der Waals surface area contributed by atoms with E-state index in [4.69, 9.17) is 18.6 Å². The van der Waals surface area contributed by atoms with Crippen LogP contribution in [-0.4, -0.2) is 28.0 Å². The molecule has 2 bridgehead atoms. The molecule has 6 heteroatoms. The Morgan fingerprint density at radius 3 is 2.29 bits per heavy atom. The van der Waals surface area contributed by atoms with Gasteiger partial charge in [0.25, 0.3) is 0 Å². The molecule has 2 heterocycles. The third kappa shape index (κ3) is 5.53. The van der Waals surface area contributed by atoms with Crippen LogP contribution in [0.15, 0.2) is 48.5 Å². The Morgan fingerprint density at radius 2 is 1.66 bits per heavy atom. The molecule has 206 valence electrons. The largest absolute Gasteiger partial charge is 0.543 e. The highest BCUT2D eigenvalue weighted by Gasteiger charge is 2.52. The fourth-order valence-corrected chi connectivity index (χ4v) is 7.01. The molecule has 5 nitrogen and oxygen atoms in total. The van der Waals surface area contributed by atoms with Gasteiger partial charge in [-0.3, -0.25) is 4.79 Å². The second-order valence-electron chi connectivity index (χ2n) is 13.4. The minimum Gasteiger partial charge on any atom is -0.543 e. The highest BCUT2D eigenvalue weighted by molar-refractivity contribution is 6.74. The van der Waals surface area contributed by atoms with Crippen LogP contribution >= 0.6 is 0 Å². The number of benzene rings is 2. The van der Waals surface area contributed by atoms with Crippen molar-refractivity contribution in [3.05, 3.63) is 54.1 Å². The highest BCUT2D eigenvalue weighted by Crippen LogP contribution is 2.57. The third-order valence-corrected chi connectivity index (χ3v) is 14.2. The summed E-state index contributed by atoms with van der Waals surface area (Å²) >= 11 is 0. The first-order chi connectivity index (χ1) is 17.9. The van der Waals surface area contributed by atoms with Crippen molar-refractivity contribution in [2.75, 3.05) is 13.7 Å². The summed E-state index contributed by atoms with van der Waals surface area (Å²) in [6.45, 7) is 12.1. The SMILES string of the molecule is COC(=O)[C@@H]1C[C@H]1CCC12CCC(c3cccc(Oc4cccc(O[Si](C)(C)C(C)(C)C)c4)c3)(CC1)OC2. The van der Waals surface area contributed by atoms with E-state index in [0.29, 0.717) is 5.92 Å². The molecular weight excluding hydrogens is 492 g/mol. The smallest absolute Gasteiger partial charge is 0.308 e. The Balaban J connectivity index is 1.21. The number of rotatable bonds is 9. The van der Waals surface area contributed by atoms with Crippen molar-refractivity contribution in [1.29, 1.82) is 0 Å². The highest BCUT2D eigenvalue weighted by atomic mass is 28.4. The number of carbonyl (C=O) groups is 1. The third-order valence-electron chi connectivity index (χ3n) is 9.83. The van der Waals surface area contributed by atoms with Crippen LogP contribution in [0.25, 0.3) is 0 Å². The second-order valence-corrected chi connectivity index (χ2v) is 18.1. The lowest BCUT2D eigenvalue weighted by Crippen LogP contribution is -2.49. The molecule has 4 fully saturated rings. The molecule has 2 aliphatic carbocycles. The molecule has 6 rings (SSSR count). The maximum absolute atomic E-state index is 11.8. The van der Waals surface area contributed by atoms with Crippen molar-refractivity contribution < 1.29 is 23.4 Å². The van der Waals surface area contributed by atoms with Gasteiger partial charge in [-0.15, -0.1) is 0 Å².